The Labute approximate surface area is 108 Å². The lowest BCUT2D eigenvalue weighted by Crippen LogP contribution is -2.42. The topological polar surface area (TPSA) is 77.1 Å². The Hall–Kier alpha value is -1.75. The van der Waals surface area contributed by atoms with Gasteiger partial charge in [0.2, 0.25) is 0 Å². The van der Waals surface area contributed by atoms with Gasteiger partial charge in [0.1, 0.15) is 11.5 Å². The van der Waals surface area contributed by atoms with Crippen molar-refractivity contribution in [2.45, 2.75) is 39.2 Å². The summed E-state index contributed by atoms with van der Waals surface area (Å²) in [5.74, 6) is -0.496. The molecule has 0 N–H and O–H groups in total. The monoisotopic (exact) mass is 249 g/mol. The Kier molecular flexibility index (Phi) is 4.55. The molecule has 1 saturated heterocycles. The minimum absolute atomic E-state index is 0.0682. The third-order valence-corrected chi connectivity index (χ3v) is 2.94. The summed E-state index contributed by atoms with van der Waals surface area (Å²) in [5.41, 5.74) is -0.490. The van der Waals surface area contributed by atoms with Crippen LogP contribution in [0.25, 0.3) is 0 Å². The summed E-state index contributed by atoms with van der Waals surface area (Å²) in [5, 5.41) is 17.7. The van der Waals surface area contributed by atoms with E-state index in [0.29, 0.717) is 25.9 Å². The molecule has 0 aliphatic carbocycles. The molecule has 5 heteroatoms. The lowest BCUT2D eigenvalue weighted by Gasteiger charge is -2.33. The van der Waals surface area contributed by atoms with Crippen molar-refractivity contribution in [2.75, 3.05) is 13.1 Å². The lowest BCUT2D eigenvalue weighted by atomic mass is 9.86. The first kappa shape index (κ1) is 14.3. The molecule has 0 unspecified atom stereocenters. The van der Waals surface area contributed by atoms with E-state index in [0.717, 1.165) is 0 Å². The Morgan fingerprint density at radius 2 is 1.78 bits per heavy atom. The molecule has 0 spiro atoms. The van der Waals surface area contributed by atoms with Crippen LogP contribution in [0.4, 0.5) is 4.79 Å². The van der Waals surface area contributed by atoms with Crippen molar-refractivity contribution in [1.82, 2.24) is 4.90 Å². The molecule has 0 bridgehead atoms. The van der Waals surface area contributed by atoms with Gasteiger partial charge in [0.25, 0.3) is 0 Å². The molecule has 5 nitrogen and oxygen atoms in total. The van der Waals surface area contributed by atoms with Gasteiger partial charge in [-0.15, -0.1) is 0 Å². The fourth-order valence-electron chi connectivity index (χ4n) is 1.98. The summed E-state index contributed by atoms with van der Waals surface area (Å²) in [6.07, 6.45) is 1.06. The summed E-state index contributed by atoms with van der Waals surface area (Å²) >= 11 is 0. The van der Waals surface area contributed by atoms with Gasteiger partial charge in [0.05, 0.1) is 12.1 Å². The van der Waals surface area contributed by atoms with Crippen LogP contribution in [0.5, 0.6) is 0 Å². The van der Waals surface area contributed by atoms with E-state index in [2.05, 4.69) is 0 Å². The Balaban J connectivity index is 2.48. The molecule has 0 atom stereocenters. The van der Waals surface area contributed by atoms with E-state index in [4.69, 9.17) is 15.3 Å². The third kappa shape index (κ3) is 3.92. The quantitative estimate of drug-likeness (QED) is 0.714. The molecule has 1 fully saturated rings. The van der Waals surface area contributed by atoms with Gasteiger partial charge in [0.15, 0.2) is 0 Å². The van der Waals surface area contributed by atoms with Gasteiger partial charge in [0, 0.05) is 13.1 Å². The molecule has 98 valence electrons. The van der Waals surface area contributed by atoms with E-state index in [1.54, 1.807) is 4.90 Å². The van der Waals surface area contributed by atoms with Crippen LogP contribution in [0, 0.1) is 34.5 Å². The van der Waals surface area contributed by atoms with Crippen LogP contribution in [0.15, 0.2) is 0 Å². The molecule has 1 aliphatic rings. The second-order valence-corrected chi connectivity index (χ2v) is 5.54. The molecule has 0 aromatic heterocycles. The predicted octanol–water partition coefficient (Wildman–Crippen LogP) is 2.30. The molecule has 18 heavy (non-hydrogen) atoms. The fourth-order valence-corrected chi connectivity index (χ4v) is 1.98. The van der Waals surface area contributed by atoms with Crippen molar-refractivity contribution in [3.05, 3.63) is 0 Å². The number of hydrogen-bond donors (Lipinski definition) is 0. The van der Waals surface area contributed by atoms with E-state index in [1.807, 2.05) is 32.9 Å². The van der Waals surface area contributed by atoms with Crippen LogP contribution < -0.4 is 0 Å². The fraction of sp³-hybridized carbons (Fsp3) is 0.769. The van der Waals surface area contributed by atoms with Crippen LogP contribution >= 0.6 is 0 Å². The molecule has 0 radical (unpaired) electrons. The van der Waals surface area contributed by atoms with Crippen LogP contribution in [-0.4, -0.2) is 29.7 Å². The number of hydrogen-bond acceptors (Lipinski definition) is 4. The maximum atomic E-state index is 11.8. The van der Waals surface area contributed by atoms with E-state index < -0.39 is 11.5 Å². The summed E-state index contributed by atoms with van der Waals surface area (Å²) in [6.45, 7) is 6.61. The largest absolute Gasteiger partial charge is 0.444 e. The first-order valence-electron chi connectivity index (χ1n) is 6.14. The van der Waals surface area contributed by atoms with Crippen molar-refractivity contribution in [3.63, 3.8) is 0 Å². The Morgan fingerprint density at radius 1 is 1.28 bits per heavy atom. The maximum Gasteiger partial charge on any atom is 0.410 e. The first-order chi connectivity index (χ1) is 8.37. The average molecular weight is 249 g/mol. The second kappa shape index (κ2) is 5.73. The highest BCUT2D eigenvalue weighted by Gasteiger charge is 2.30. The molecule has 1 amide bonds. The molecule has 1 aliphatic heterocycles. The highest BCUT2D eigenvalue weighted by atomic mass is 16.6. The highest BCUT2D eigenvalue weighted by Crippen LogP contribution is 2.25. The normalized spacial score (nSPS) is 17.1. The number of nitrogens with zero attached hydrogens (tertiary/aromatic N) is 3. The van der Waals surface area contributed by atoms with Crippen molar-refractivity contribution < 1.29 is 9.53 Å². The third-order valence-electron chi connectivity index (χ3n) is 2.94. The number of carbonyl (C=O) groups is 1. The van der Waals surface area contributed by atoms with Crippen LogP contribution in [0.3, 0.4) is 0 Å². The standard InChI is InChI=1S/C13H19N3O2/c1-13(2,3)18-12(17)16-6-4-10(5-7-16)11(8-14)9-15/h10-11H,4-7H2,1-3H3. The molecule has 0 aromatic carbocycles. The second-order valence-electron chi connectivity index (χ2n) is 5.54. The Morgan fingerprint density at radius 3 is 2.17 bits per heavy atom. The zero-order valence-electron chi connectivity index (χ0n) is 11.1. The average Bonchev–Trinajstić information content (AvgIpc) is 2.29. The zero-order valence-corrected chi connectivity index (χ0v) is 11.1. The van der Waals surface area contributed by atoms with Crippen LogP contribution in [0.1, 0.15) is 33.6 Å². The Bertz CT molecular complexity index is 365. The minimum Gasteiger partial charge on any atom is -0.444 e. The van der Waals surface area contributed by atoms with Gasteiger partial charge in [-0.25, -0.2) is 4.79 Å². The summed E-state index contributed by atoms with van der Waals surface area (Å²) in [7, 11) is 0. The van der Waals surface area contributed by atoms with Crippen molar-refractivity contribution in [2.24, 2.45) is 11.8 Å². The predicted molar refractivity (Wildman–Crippen MR) is 65.2 cm³/mol. The van der Waals surface area contributed by atoms with Crippen LogP contribution in [-0.2, 0) is 4.74 Å². The van der Waals surface area contributed by atoms with Gasteiger partial charge in [-0.1, -0.05) is 0 Å². The summed E-state index contributed by atoms with van der Waals surface area (Å²) in [4.78, 5) is 13.4. The smallest absolute Gasteiger partial charge is 0.410 e. The van der Waals surface area contributed by atoms with Gasteiger partial charge in [-0.05, 0) is 39.5 Å². The molecule has 1 heterocycles. The van der Waals surface area contributed by atoms with Gasteiger partial charge < -0.3 is 9.64 Å². The number of amides is 1. The van der Waals surface area contributed by atoms with Crippen molar-refractivity contribution >= 4 is 6.09 Å². The number of likely N-dealkylation sites (tertiary alicyclic amines) is 1. The molecule has 0 aromatic rings. The minimum atomic E-state index is -0.564. The maximum absolute atomic E-state index is 11.8. The van der Waals surface area contributed by atoms with Crippen LogP contribution in [0.2, 0.25) is 0 Å². The number of piperidine rings is 1. The number of rotatable bonds is 1. The number of nitriles is 2. The van der Waals surface area contributed by atoms with E-state index in [-0.39, 0.29) is 12.0 Å². The first-order valence-corrected chi connectivity index (χ1v) is 6.14. The van der Waals surface area contributed by atoms with E-state index >= 15 is 0 Å². The molecular formula is C13H19N3O2. The van der Waals surface area contributed by atoms with Crippen molar-refractivity contribution in [1.29, 1.82) is 10.5 Å². The van der Waals surface area contributed by atoms with Crippen molar-refractivity contribution in [3.8, 4) is 12.1 Å². The molecule has 0 saturated carbocycles. The number of ether oxygens (including phenoxy) is 1. The summed E-state index contributed by atoms with van der Waals surface area (Å²) in [6, 6.07) is 4.02. The van der Waals surface area contributed by atoms with Gasteiger partial charge >= 0.3 is 6.09 Å². The van der Waals surface area contributed by atoms with E-state index in [9.17, 15) is 4.79 Å². The SMILES string of the molecule is CC(C)(C)OC(=O)N1CCC(C(C#N)C#N)CC1. The lowest BCUT2D eigenvalue weighted by molar-refractivity contribution is 0.0177. The van der Waals surface area contributed by atoms with Gasteiger partial charge in [-0.2, -0.15) is 10.5 Å². The molecular weight excluding hydrogens is 230 g/mol. The van der Waals surface area contributed by atoms with E-state index in [1.165, 1.54) is 0 Å². The zero-order chi connectivity index (χ0) is 13.8. The molecule has 1 rings (SSSR count). The van der Waals surface area contributed by atoms with Gasteiger partial charge in [-0.3, -0.25) is 0 Å². The summed E-state index contributed by atoms with van der Waals surface area (Å²) < 4.78 is 5.28. The number of carbonyl (C=O) groups excluding carboxylic acids is 1. The highest BCUT2D eigenvalue weighted by molar-refractivity contribution is 5.68.